The van der Waals surface area contributed by atoms with Gasteiger partial charge in [-0.1, -0.05) is 6.92 Å². The summed E-state index contributed by atoms with van der Waals surface area (Å²) < 4.78 is 30.8. The monoisotopic (exact) mass is 267 g/mol. The van der Waals surface area contributed by atoms with E-state index in [9.17, 15) is 13.6 Å². The lowest BCUT2D eigenvalue weighted by atomic mass is 9.94. The summed E-state index contributed by atoms with van der Waals surface area (Å²) in [5, 5.41) is 8.86. The normalized spacial score (nSPS) is 10.3. The van der Waals surface area contributed by atoms with Gasteiger partial charge in [-0.2, -0.15) is 5.26 Å². The Hall–Kier alpha value is -1.96. The van der Waals surface area contributed by atoms with E-state index in [1.54, 1.807) is 13.8 Å². The van der Waals surface area contributed by atoms with Crippen LogP contribution in [-0.2, 0) is 22.4 Å². The number of ether oxygens (including phenoxy) is 1. The van der Waals surface area contributed by atoms with Crippen molar-refractivity contribution in [1.82, 2.24) is 0 Å². The molecule has 0 radical (unpaired) electrons. The fourth-order valence-corrected chi connectivity index (χ4v) is 1.97. The standard InChI is InChI=1S/C14H15F2NO2/c1-3-11-10(7-13(18)19-4-2)5-9(8-17)6-12(11)14(15)16/h5-6,14H,3-4,7H2,1-2H3. The van der Waals surface area contributed by atoms with Crippen LogP contribution in [0.25, 0.3) is 0 Å². The van der Waals surface area contributed by atoms with Gasteiger partial charge in [-0.15, -0.1) is 0 Å². The van der Waals surface area contributed by atoms with Gasteiger partial charge in [0.15, 0.2) is 0 Å². The number of nitrogens with zero attached hydrogens (tertiary/aromatic N) is 1. The smallest absolute Gasteiger partial charge is 0.310 e. The van der Waals surface area contributed by atoms with Crippen molar-refractivity contribution < 1.29 is 18.3 Å². The first-order valence-electron chi connectivity index (χ1n) is 6.03. The van der Waals surface area contributed by atoms with E-state index < -0.39 is 12.4 Å². The first-order chi connectivity index (χ1) is 9.03. The summed E-state index contributed by atoms with van der Waals surface area (Å²) >= 11 is 0. The molecule has 0 amide bonds. The Morgan fingerprint density at radius 3 is 2.58 bits per heavy atom. The van der Waals surface area contributed by atoms with E-state index in [0.29, 0.717) is 17.5 Å². The maximum absolute atomic E-state index is 13.0. The molecule has 0 bridgehead atoms. The minimum atomic E-state index is -2.66. The first-order valence-corrected chi connectivity index (χ1v) is 6.03. The van der Waals surface area contributed by atoms with E-state index in [1.807, 2.05) is 6.07 Å². The molecule has 19 heavy (non-hydrogen) atoms. The molecule has 0 fully saturated rings. The highest BCUT2D eigenvalue weighted by Gasteiger charge is 2.18. The van der Waals surface area contributed by atoms with Crippen molar-refractivity contribution in [3.05, 3.63) is 34.4 Å². The average Bonchev–Trinajstić information content (AvgIpc) is 2.37. The van der Waals surface area contributed by atoms with Crippen LogP contribution in [0.3, 0.4) is 0 Å². The number of esters is 1. The number of hydrogen-bond acceptors (Lipinski definition) is 3. The topological polar surface area (TPSA) is 50.1 Å². The fourth-order valence-electron chi connectivity index (χ4n) is 1.97. The third kappa shape index (κ3) is 3.75. The Kier molecular flexibility index (Phi) is 5.43. The molecular weight excluding hydrogens is 252 g/mol. The highest BCUT2D eigenvalue weighted by Crippen LogP contribution is 2.28. The minimum absolute atomic E-state index is 0.0910. The Labute approximate surface area is 110 Å². The summed E-state index contributed by atoms with van der Waals surface area (Å²) in [5.74, 6) is -0.479. The Morgan fingerprint density at radius 1 is 1.42 bits per heavy atom. The van der Waals surface area contributed by atoms with Crippen LogP contribution < -0.4 is 0 Å². The second-order valence-corrected chi connectivity index (χ2v) is 3.95. The number of nitriles is 1. The Morgan fingerprint density at radius 2 is 2.11 bits per heavy atom. The van der Waals surface area contributed by atoms with E-state index in [4.69, 9.17) is 10.00 Å². The highest BCUT2D eigenvalue weighted by atomic mass is 19.3. The zero-order valence-electron chi connectivity index (χ0n) is 10.9. The number of carbonyl (C=O) groups excluding carboxylic acids is 1. The molecule has 0 aliphatic heterocycles. The third-order valence-corrected chi connectivity index (χ3v) is 2.73. The summed E-state index contributed by atoms with van der Waals surface area (Å²) in [6.45, 7) is 3.65. The lowest BCUT2D eigenvalue weighted by molar-refractivity contribution is -0.142. The molecule has 1 aromatic carbocycles. The number of carbonyl (C=O) groups is 1. The highest BCUT2D eigenvalue weighted by molar-refractivity contribution is 5.73. The summed E-state index contributed by atoms with van der Waals surface area (Å²) in [5.41, 5.74) is 0.810. The number of alkyl halides is 2. The van der Waals surface area contributed by atoms with Crippen LogP contribution in [0.4, 0.5) is 8.78 Å². The van der Waals surface area contributed by atoms with Crippen LogP contribution in [0, 0.1) is 11.3 Å². The van der Waals surface area contributed by atoms with Crippen LogP contribution in [0.15, 0.2) is 12.1 Å². The molecule has 0 aliphatic rings. The van der Waals surface area contributed by atoms with Crippen molar-refractivity contribution in [3.8, 4) is 6.07 Å². The molecule has 1 aromatic rings. The molecular formula is C14H15F2NO2. The van der Waals surface area contributed by atoms with Gasteiger partial charge in [0.25, 0.3) is 6.43 Å². The molecule has 0 aliphatic carbocycles. The molecule has 5 heteroatoms. The molecule has 0 atom stereocenters. The van der Waals surface area contributed by atoms with Crippen molar-refractivity contribution in [2.75, 3.05) is 6.61 Å². The zero-order chi connectivity index (χ0) is 14.4. The van der Waals surface area contributed by atoms with Gasteiger partial charge in [0, 0.05) is 5.56 Å². The van der Waals surface area contributed by atoms with Gasteiger partial charge in [0.2, 0.25) is 0 Å². The zero-order valence-corrected chi connectivity index (χ0v) is 10.9. The first kappa shape index (κ1) is 15.1. The van der Waals surface area contributed by atoms with Crippen LogP contribution in [0.1, 0.15) is 42.5 Å². The quantitative estimate of drug-likeness (QED) is 0.770. The van der Waals surface area contributed by atoms with E-state index in [2.05, 4.69) is 0 Å². The van der Waals surface area contributed by atoms with E-state index >= 15 is 0 Å². The Bertz CT molecular complexity index is 507. The average molecular weight is 267 g/mol. The maximum atomic E-state index is 13.0. The summed E-state index contributed by atoms with van der Waals surface area (Å²) in [4.78, 5) is 11.5. The van der Waals surface area contributed by atoms with Gasteiger partial charge in [0.1, 0.15) is 0 Å². The molecule has 1 rings (SSSR count). The van der Waals surface area contributed by atoms with Crippen molar-refractivity contribution in [2.24, 2.45) is 0 Å². The maximum Gasteiger partial charge on any atom is 0.310 e. The summed E-state index contributed by atoms with van der Waals surface area (Å²) in [6.07, 6.45) is -2.38. The van der Waals surface area contributed by atoms with E-state index in [0.717, 1.165) is 0 Å². The SMILES string of the molecule is CCOC(=O)Cc1cc(C#N)cc(C(F)F)c1CC. The second-order valence-electron chi connectivity index (χ2n) is 3.95. The van der Waals surface area contributed by atoms with Gasteiger partial charge >= 0.3 is 5.97 Å². The molecule has 0 saturated carbocycles. The van der Waals surface area contributed by atoms with Crippen LogP contribution in [0.5, 0.6) is 0 Å². The number of benzene rings is 1. The molecule has 0 heterocycles. The molecule has 0 aromatic heterocycles. The molecule has 3 nitrogen and oxygen atoms in total. The van der Waals surface area contributed by atoms with Crippen molar-refractivity contribution in [3.63, 3.8) is 0 Å². The number of hydrogen-bond donors (Lipinski definition) is 0. The predicted molar refractivity (Wildman–Crippen MR) is 65.8 cm³/mol. The fraction of sp³-hybridized carbons (Fsp3) is 0.429. The van der Waals surface area contributed by atoms with E-state index in [-0.39, 0.29) is 24.2 Å². The summed E-state index contributed by atoms with van der Waals surface area (Å²) in [6, 6.07) is 4.49. The molecule has 0 unspecified atom stereocenters. The van der Waals surface area contributed by atoms with Crippen molar-refractivity contribution in [1.29, 1.82) is 5.26 Å². The van der Waals surface area contributed by atoms with Crippen LogP contribution in [-0.4, -0.2) is 12.6 Å². The van der Waals surface area contributed by atoms with Crippen molar-refractivity contribution in [2.45, 2.75) is 33.1 Å². The van der Waals surface area contributed by atoms with Gasteiger partial charge < -0.3 is 4.74 Å². The molecule has 102 valence electrons. The lowest BCUT2D eigenvalue weighted by Gasteiger charge is -2.13. The second kappa shape index (κ2) is 6.83. The van der Waals surface area contributed by atoms with Gasteiger partial charge in [-0.3, -0.25) is 4.79 Å². The summed E-state index contributed by atoms with van der Waals surface area (Å²) in [7, 11) is 0. The van der Waals surface area contributed by atoms with Gasteiger partial charge in [0.05, 0.1) is 24.7 Å². The van der Waals surface area contributed by atoms with Crippen LogP contribution >= 0.6 is 0 Å². The minimum Gasteiger partial charge on any atom is -0.466 e. The molecule has 0 spiro atoms. The van der Waals surface area contributed by atoms with Gasteiger partial charge in [-0.25, -0.2) is 8.78 Å². The van der Waals surface area contributed by atoms with Gasteiger partial charge in [-0.05, 0) is 36.6 Å². The van der Waals surface area contributed by atoms with E-state index in [1.165, 1.54) is 12.1 Å². The predicted octanol–water partition coefficient (Wildman–Crippen LogP) is 3.16. The van der Waals surface area contributed by atoms with Crippen LogP contribution in [0.2, 0.25) is 0 Å². The third-order valence-electron chi connectivity index (χ3n) is 2.73. The van der Waals surface area contributed by atoms with Crippen molar-refractivity contribution >= 4 is 5.97 Å². The molecule has 0 saturated heterocycles. The largest absolute Gasteiger partial charge is 0.466 e. The molecule has 0 N–H and O–H groups in total. The number of rotatable bonds is 5. The Balaban J connectivity index is 3.24. The lowest BCUT2D eigenvalue weighted by Crippen LogP contribution is -2.11. The number of halogens is 2.